The van der Waals surface area contributed by atoms with Crippen LogP contribution in [0.25, 0.3) is 0 Å². The highest BCUT2D eigenvalue weighted by atomic mass is 19.1. The van der Waals surface area contributed by atoms with Crippen LogP contribution in [0.4, 0.5) is 4.39 Å². The lowest BCUT2D eigenvalue weighted by molar-refractivity contribution is 0.464. The molecular weight excluding hydrogens is 81.0 g/mol. The number of unbranched alkanes of at least 4 members (excludes halogenated alkanes) is 1. The summed E-state index contributed by atoms with van der Waals surface area (Å²) in [5, 5.41) is 0. The van der Waals surface area contributed by atoms with Crippen LogP contribution in [0.2, 0.25) is 0 Å². The Labute approximate surface area is 37.3 Å². The molecule has 0 atom stereocenters. The summed E-state index contributed by atoms with van der Waals surface area (Å²) in [6.07, 6.45) is 1.44. The average molecular weight is 91.1 g/mol. The van der Waals surface area contributed by atoms with Gasteiger partial charge in [0.1, 0.15) is 0 Å². The molecule has 0 fully saturated rings. The van der Waals surface area contributed by atoms with Gasteiger partial charge in [0.25, 0.3) is 0 Å². The van der Waals surface area contributed by atoms with E-state index in [1.54, 1.807) is 0 Å². The van der Waals surface area contributed by atoms with Crippen molar-refractivity contribution in [3.8, 4) is 0 Å². The molecule has 0 unspecified atom stereocenters. The maximum absolute atomic E-state index is 11.1. The van der Waals surface area contributed by atoms with Crippen molar-refractivity contribution in [2.45, 2.75) is 12.8 Å². The van der Waals surface area contributed by atoms with Gasteiger partial charge in [-0.1, -0.05) is 0 Å². The second-order valence-corrected chi connectivity index (χ2v) is 1.18. The zero-order chi connectivity index (χ0) is 4.83. The molecule has 0 spiro atoms. The first-order valence-corrected chi connectivity index (χ1v) is 2.18. The molecule has 0 aliphatic rings. The fourth-order valence-corrected chi connectivity index (χ4v) is 0.239. The number of alkyl halides is 1. The summed E-state index contributed by atoms with van der Waals surface area (Å²) in [6, 6.07) is 0. The minimum atomic E-state index is -0.225. The van der Waals surface area contributed by atoms with Crippen LogP contribution < -0.4 is 5.73 Å². The van der Waals surface area contributed by atoms with Gasteiger partial charge in [-0.15, -0.1) is 0 Å². The van der Waals surface area contributed by atoms with Crippen molar-refractivity contribution in [2.24, 2.45) is 5.73 Å². The van der Waals surface area contributed by atoms with Crippen molar-refractivity contribution in [1.29, 1.82) is 0 Å². The Balaban J connectivity index is 2.34. The van der Waals surface area contributed by atoms with E-state index in [1.165, 1.54) is 0 Å². The first-order valence-electron chi connectivity index (χ1n) is 2.18. The van der Waals surface area contributed by atoms with Crippen molar-refractivity contribution >= 4 is 0 Å². The standard InChI is InChI=1S/C4H10FN/c5-3-1-2-4-6/h1-4,6H2. The van der Waals surface area contributed by atoms with Crippen LogP contribution in [0.3, 0.4) is 0 Å². The van der Waals surface area contributed by atoms with Gasteiger partial charge in [0.2, 0.25) is 0 Å². The molecule has 0 amide bonds. The van der Waals surface area contributed by atoms with E-state index in [-0.39, 0.29) is 6.67 Å². The first-order chi connectivity index (χ1) is 2.91. The monoisotopic (exact) mass is 91.1 g/mol. The largest absolute Gasteiger partial charge is 0.330 e. The summed E-state index contributed by atoms with van der Waals surface area (Å²) in [6.45, 7) is 0.390. The number of hydrogen-bond donors (Lipinski definition) is 1. The van der Waals surface area contributed by atoms with Crippen LogP contribution in [0.15, 0.2) is 0 Å². The van der Waals surface area contributed by atoms with Gasteiger partial charge >= 0.3 is 0 Å². The van der Waals surface area contributed by atoms with Gasteiger partial charge in [-0.25, -0.2) is 0 Å². The molecule has 2 N–H and O–H groups in total. The number of halogens is 1. The molecule has 0 aliphatic carbocycles. The number of nitrogens with two attached hydrogens (primary N) is 1. The van der Waals surface area contributed by atoms with Gasteiger partial charge in [-0.2, -0.15) is 0 Å². The topological polar surface area (TPSA) is 26.0 Å². The highest BCUT2D eigenvalue weighted by Crippen LogP contribution is 1.83. The minimum Gasteiger partial charge on any atom is -0.330 e. The predicted molar refractivity (Wildman–Crippen MR) is 24.3 cm³/mol. The molecule has 0 aromatic heterocycles. The van der Waals surface area contributed by atoms with E-state index in [1.807, 2.05) is 0 Å². The van der Waals surface area contributed by atoms with Crippen LogP contribution in [-0.2, 0) is 0 Å². The Kier molecular flexibility index (Phi) is 4.80. The van der Waals surface area contributed by atoms with Crippen molar-refractivity contribution < 1.29 is 4.39 Å². The maximum Gasteiger partial charge on any atom is 0.0894 e. The van der Waals surface area contributed by atoms with Gasteiger partial charge in [0.05, 0.1) is 6.67 Å². The molecule has 0 heterocycles. The van der Waals surface area contributed by atoms with Crippen LogP contribution in [-0.4, -0.2) is 13.2 Å². The lowest BCUT2D eigenvalue weighted by Crippen LogP contribution is -1.97. The fraction of sp³-hybridized carbons (Fsp3) is 1.00. The molecule has 0 bridgehead atoms. The maximum atomic E-state index is 11.1. The highest BCUT2D eigenvalue weighted by Gasteiger charge is 1.78. The van der Waals surface area contributed by atoms with Crippen molar-refractivity contribution in [3.05, 3.63) is 0 Å². The van der Waals surface area contributed by atoms with Crippen molar-refractivity contribution in [3.63, 3.8) is 0 Å². The molecule has 0 rings (SSSR count). The SMILES string of the molecule is NCCCCF. The van der Waals surface area contributed by atoms with E-state index < -0.39 is 0 Å². The third-order valence-corrected chi connectivity index (χ3v) is 0.588. The third kappa shape index (κ3) is 3.89. The molecule has 0 aliphatic heterocycles. The zero-order valence-electron chi connectivity index (χ0n) is 3.78. The van der Waals surface area contributed by atoms with Crippen LogP contribution in [0, 0.1) is 0 Å². The molecule has 0 saturated heterocycles. The van der Waals surface area contributed by atoms with E-state index in [0.29, 0.717) is 13.0 Å². The molecule has 0 saturated carbocycles. The molecule has 0 aromatic carbocycles. The summed E-state index contributed by atoms with van der Waals surface area (Å²) in [4.78, 5) is 0. The molecule has 6 heavy (non-hydrogen) atoms. The van der Waals surface area contributed by atoms with E-state index in [9.17, 15) is 4.39 Å². The Hall–Kier alpha value is -0.110. The normalized spacial score (nSPS) is 9.00. The third-order valence-electron chi connectivity index (χ3n) is 0.588. The van der Waals surface area contributed by atoms with Gasteiger partial charge in [0.15, 0.2) is 0 Å². The van der Waals surface area contributed by atoms with Gasteiger partial charge in [-0.05, 0) is 19.4 Å². The molecule has 2 heteroatoms. The molecule has 38 valence electrons. The van der Waals surface area contributed by atoms with Crippen molar-refractivity contribution in [2.75, 3.05) is 13.2 Å². The van der Waals surface area contributed by atoms with Crippen LogP contribution in [0.1, 0.15) is 12.8 Å². The van der Waals surface area contributed by atoms with Crippen LogP contribution >= 0.6 is 0 Å². The van der Waals surface area contributed by atoms with Gasteiger partial charge in [0, 0.05) is 0 Å². The second kappa shape index (κ2) is 4.89. The lowest BCUT2D eigenvalue weighted by Gasteiger charge is -1.84. The zero-order valence-corrected chi connectivity index (χ0v) is 3.78. The molecule has 0 aromatic rings. The summed E-state index contributed by atoms with van der Waals surface area (Å²) < 4.78 is 11.1. The molecule has 0 radical (unpaired) electrons. The molecular formula is C4H10FN. The number of rotatable bonds is 3. The van der Waals surface area contributed by atoms with E-state index >= 15 is 0 Å². The minimum absolute atomic E-state index is 0.225. The Morgan fingerprint density at radius 2 is 2.00 bits per heavy atom. The summed E-state index contributed by atoms with van der Waals surface area (Å²) in [7, 11) is 0. The smallest absolute Gasteiger partial charge is 0.0894 e. The predicted octanol–water partition coefficient (Wildman–Crippen LogP) is 0.695. The average Bonchev–Trinajstić information content (AvgIpc) is 1.61. The summed E-state index contributed by atoms with van der Waals surface area (Å²) in [5.41, 5.74) is 5.05. The van der Waals surface area contributed by atoms with Gasteiger partial charge in [-0.3, -0.25) is 4.39 Å². The lowest BCUT2D eigenvalue weighted by atomic mass is 10.3. The summed E-state index contributed by atoms with van der Waals surface area (Å²) >= 11 is 0. The Morgan fingerprint density at radius 3 is 2.17 bits per heavy atom. The quantitative estimate of drug-likeness (QED) is 0.508. The van der Waals surface area contributed by atoms with Gasteiger partial charge < -0.3 is 5.73 Å². The van der Waals surface area contributed by atoms with Crippen molar-refractivity contribution in [1.82, 2.24) is 0 Å². The second-order valence-electron chi connectivity index (χ2n) is 1.18. The fourth-order valence-electron chi connectivity index (χ4n) is 0.239. The Bertz CT molecular complexity index is 19.5. The highest BCUT2D eigenvalue weighted by molar-refractivity contribution is 4.35. The Morgan fingerprint density at radius 1 is 1.33 bits per heavy atom. The van der Waals surface area contributed by atoms with E-state index in [0.717, 1.165) is 6.42 Å². The first kappa shape index (κ1) is 5.89. The summed E-state index contributed by atoms with van der Waals surface area (Å²) in [5.74, 6) is 0. The molecule has 1 nitrogen and oxygen atoms in total. The van der Waals surface area contributed by atoms with Crippen LogP contribution in [0.5, 0.6) is 0 Å². The number of hydrogen-bond acceptors (Lipinski definition) is 1. The van der Waals surface area contributed by atoms with E-state index in [4.69, 9.17) is 5.73 Å². The van der Waals surface area contributed by atoms with E-state index in [2.05, 4.69) is 0 Å².